The minimum absolute atomic E-state index is 0.0373. The zero-order chi connectivity index (χ0) is 15.4. The summed E-state index contributed by atoms with van der Waals surface area (Å²) in [5.41, 5.74) is 3.57. The third-order valence-electron chi connectivity index (χ3n) is 3.28. The Labute approximate surface area is 134 Å². The average molecular weight is 347 g/mol. The number of carbonyl (C=O) groups excluding carboxylic acids is 1. The standard InChI is InChI=1S/C18H19BrO2/c1-4-9-21-17-8-6-14(11-16(17)19)18(20)15-7-5-12(2)10-13(15)3/h5-8,10-11H,4,9H2,1-3H3. The quantitative estimate of drug-likeness (QED) is 0.705. The van der Waals surface area contributed by atoms with E-state index in [9.17, 15) is 4.79 Å². The van der Waals surface area contributed by atoms with Crippen molar-refractivity contribution in [3.63, 3.8) is 0 Å². The van der Waals surface area contributed by atoms with Crippen LogP contribution in [-0.4, -0.2) is 12.4 Å². The van der Waals surface area contributed by atoms with Gasteiger partial charge in [-0.1, -0.05) is 30.7 Å². The Balaban J connectivity index is 2.29. The molecular weight excluding hydrogens is 328 g/mol. The minimum Gasteiger partial charge on any atom is -0.492 e. The average Bonchev–Trinajstić information content (AvgIpc) is 2.45. The van der Waals surface area contributed by atoms with Crippen LogP contribution in [0.25, 0.3) is 0 Å². The normalized spacial score (nSPS) is 10.5. The number of halogens is 1. The number of hydrogen-bond donors (Lipinski definition) is 0. The predicted molar refractivity (Wildman–Crippen MR) is 89.3 cm³/mol. The molecule has 0 bridgehead atoms. The van der Waals surface area contributed by atoms with Crippen molar-refractivity contribution in [2.45, 2.75) is 27.2 Å². The molecule has 0 fully saturated rings. The van der Waals surface area contributed by atoms with Crippen molar-refractivity contribution in [2.75, 3.05) is 6.61 Å². The Bertz CT molecular complexity index is 662. The van der Waals surface area contributed by atoms with Gasteiger partial charge in [0.2, 0.25) is 0 Å². The zero-order valence-corrected chi connectivity index (χ0v) is 14.2. The first-order chi connectivity index (χ1) is 10.0. The van der Waals surface area contributed by atoms with E-state index in [2.05, 4.69) is 22.9 Å². The molecule has 0 heterocycles. The van der Waals surface area contributed by atoms with Crippen LogP contribution >= 0.6 is 15.9 Å². The summed E-state index contributed by atoms with van der Waals surface area (Å²) in [5, 5.41) is 0. The van der Waals surface area contributed by atoms with E-state index in [-0.39, 0.29) is 5.78 Å². The molecule has 0 aliphatic carbocycles. The highest BCUT2D eigenvalue weighted by molar-refractivity contribution is 9.10. The molecule has 2 rings (SSSR count). The van der Waals surface area contributed by atoms with Gasteiger partial charge in [-0.3, -0.25) is 4.79 Å². The van der Waals surface area contributed by atoms with Gasteiger partial charge in [0.25, 0.3) is 0 Å². The number of ketones is 1. The Morgan fingerprint density at radius 3 is 2.52 bits per heavy atom. The Morgan fingerprint density at radius 2 is 1.90 bits per heavy atom. The van der Waals surface area contributed by atoms with Crippen LogP contribution in [0.5, 0.6) is 5.75 Å². The van der Waals surface area contributed by atoms with E-state index in [4.69, 9.17) is 4.74 Å². The van der Waals surface area contributed by atoms with E-state index in [0.29, 0.717) is 12.2 Å². The Hall–Kier alpha value is -1.61. The van der Waals surface area contributed by atoms with Crippen LogP contribution < -0.4 is 4.74 Å². The van der Waals surface area contributed by atoms with E-state index < -0.39 is 0 Å². The van der Waals surface area contributed by atoms with E-state index in [1.807, 2.05) is 50.2 Å². The lowest BCUT2D eigenvalue weighted by atomic mass is 9.97. The molecule has 2 nitrogen and oxygen atoms in total. The second kappa shape index (κ2) is 6.90. The summed E-state index contributed by atoms with van der Waals surface area (Å²) in [4.78, 5) is 12.6. The third-order valence-corrected chi connectivity index (χ3v) is 3.90. The smallest absolute Gasteiger partial charge is 0.193 e. The van der Waals surface area contributed by atoms with Gasteiger partial charge in [-0.25, -0.2) is 0 Å². The Kier molecular flexibility index (Phi) is 5.18. The van der Waals surface area contributed by atoms with Crippen LogP contribution in [0.2, 0.25) is 0 Å². The monoisotopic (exact) mass is 346 g/mol. The molecule has 0 spiro atoms. The maximum Gasteiger partial charge on any atom is 0.193 e. The van der Waals surface area contributed by atoms with Gasteiger partial charge in [-0.15, -0.1) is 0 Å². The van der Waals surface area contributed by atoms with Crippen LogP contribution in [-0.2, 0) is 0 Å². The van der Waals surface area contributed by atoms with Gasteiger partial charge in [-0.05, 0) is 60.0 Å². The fraction of sp³-hybridized carbons (Fsp3) is 0.278. The van der Waals surface area contributed by atoms with Gasteiger partial charge in [0.15, 0.2) is 5.78 Å². The predicted octanol–water partition coefficient (Wildman–Crippen LogP) is 5.09. The van der Waals surface area contributed by atoms with Crippen molar-refractivity contribution in [3.8, 4) is 5.75 Å². The highest BCUT2D eigenvalue weighted by Gasteiger charge is 2.13. The molecule has 110 valence electrons. The Morgan fingerprint density at radius 1 is 1.14 bits per heavy atom. The summed E-state index contributed by atoms with van der Waals surface area (Å²) in [7, 11) is 0. The molecule has 0 aromatic heterocycles. The van der Waals surface area contributed by atoms with Crippen LogP contribution in [0.4, 0.5) is 0 Å². The van der Waals surface area contributed by atoms with Crippen molar-refractivity contribution in [1.82, 2.24) is 0 Å². The first-order valence-electron chi connectivity index (χ1n) is 7.07. The van der Waals surface area contributed by atoms with Gasteiger partial charge in [-0.2, -0.15) is 0 Å². The lowest BCUT2D eigenvalue weighted by Gasteiger charge is -2.10. The molecule has 0 aliphatic heterocycles. The van der Waals surface area contributed by atoms with Crippen molar-refractivity contribution in [3.05, 3.63) is 63.1 Å². The molecular formula is C18H19BrO2. The summed E-state index contributed by atoms with van der Waals surface area (Å²) in [6, 6.07) is 11.4. The lowest BCUT2D eigenvalue weighted by Crippen LogP contribution is -2.04. The topological polar surface area (TPSA) is 26.3 Å². The molecule has 0 atom stereocenters. The largest absolute Gasteiger partial charge is 0.492 e. The molecule has 0 saturated heterocycles. The first kappa shape index (κ1) is 15.8. The number of benzene rings is 2. The maximum atomic E-state index is 12.6. The van der Waals surface area contributed by atoms with Gasteiger partial charge >= 0.3 is 0 Å². The third kappa shape index (κ3) is 3.73. The summed E-state index contributed by atoms with van der Waals surface area (Å²) in [6.45, 7) is 6.72. The molecule has 0 radical (unpaired) electrons. The number of aryl methyl sites for hydroxylation is 2. The summed E-state index contributed by atoms with van der Waals surface area (Å²) < 4.78 is 6.42. The first-order valence-corrected chi connectivity index (χ1v) is 7.86. The van der Waals surface area contributed by atoms with E-state index in [0.717, 1.165) is 33.3 Å². The van der Waals surface area contributed by atoms with Crippen LogP contribution in [0, 0.1) is 13.8 Å². The molecule has 2 aromatic rings. The van der Waals surface area contributed by atoms with Crippen molar-refractivity contribution >= 4 is 21.7 Å². The van der Waals surface area contributed by atoms with Gasteiger partial charge in [0.1, 0.15) is 5.75 Å². The second-order valence-electron chi connectivity index (χ2n) is 5.14. The number of ether oxygens (including phenoxy) is 1. The summed E-state index contributed by atoms with van der Waals surface area (Å²) in [6.07, 6.45) is 0.954. The molecule has 21 heavy (non-hydrogen) atoms. The fourth-order valence-corrected chi connectivity index (χ4v) is 2.69. The zero-order valence-electron chi connectivity index (χ0n) is 12.6. The highest BCUT2D eigenvalue weighted by atomic mass is 79.9. The maximum absolute atomic E-state index is 12.6. The van der Waals surface area contributed by atoms with Gasteiger partial charge < -0.3 is 4.74 Å². The van der Waals surface area contributed by atoms with Crippen LogP contribution in [0.15, 0.2) is 40.9 Å². The molecule has 0 unspecified atom stereocenters. The summed E-state index contributed by atoms with van der Waals surface area (Å²) in [5.74, 6) is 0.810. The number of carbonyl (C=O) groups is 1. The lowest BCUT2D eigenvalue weighted by molar-refractivity contribution is 0.103. The fourth-order valence-electron chi connectivity index (χ4n) is 2.20. The molecule has 3 heteroatoms. The van der Waals surface area contributed by atoms with E-state index in [1.54, 1.807) is 0 Å². The molecule has 0 aliphatic rings. The van der Waals surface area contributed by atoms with E-state index in [1.165, 1.54) is 0 Å². The van der Waals surface area contributed by atoms with Gasteiger partial charge in [0, 0.05) is 11.1 Å². The molecule has 0 saturated carbocycles. The van der Waals surface area contributed by atoms with Gasteiger partial charge in [0.05, 0.1) is 11.1 Å². The molecule has 2 aromatic carbocycles. The molecule has 0 amide bonds. The van der Waals surface area contributed by atoms with Crippen molar-refractivity contribution in [2.24, 2.45) is 0 Å². The van der Waals surface area contributed by atoms with E-state index >= 15 is 0 Å². The molecule has 0 N–H and O–H groups in total. The van der Waals surface area contributed by atoms with Crippen molar-refractivity contribution in [1.29, 1.82) is 0 Å². The van der Waals surface area contributed by atoms with Crippen LogP contribution in [0.3, 0.4) is 0 Å². The second-order valence-corrected chi connectivity index (χ2v) is 6.00. The minimum atomic E-state index is 0.0373. The summed E-state index contributed by atoms with van der Waals surface area (Å²) >= 11 is 3.47. The van der Waals surface area contributed by atoms with Crippen molar-refractivity contribution < 1.29 is 9.53 Å². The number of hydrogen-bond acceptors (Lipinski definition) is 2. The van der Waals surface area contributed by atoms with Crippen LogP contribution in [0.1, 0.15) is 40.4 Å². The SMILES string of the molecule is CCCOc1ccc(C(=O)c2ccc(C)cc2C)cc1Br. The highest BCUT2D eigenvalue weighted by Crippen LogP contribution is 2.27. The number of rotatable bonds is 5.